The van der Waals surface area contributed by atoms with Crippen molar-refractivity contribution in [1.29, 1.82) is 0 Å². The average molecular weight is 392 g/mol. The summed E-state index contributed by atoms with van der Waals surface area (Å²) >= 11 is 0. The highest BCUT2D eigenvalue weighted by atomic mass is 16.1. The largest absolute Gasteiger partial charge is 0.311 e. The van der Waals surface area contributed by atoms with Gasteiger partial charge in [-0.3, -0.25) is 14.7 Å². The molecule has 0 bridgehead atoms. The van der Waals surface area contributed by atoms with Gasteiger partial charge in [-0.05, 0) is 30.4 Å². The third kappa shape index (κ3) is 4.65. The van der Waals surface area contributed by atoms with Crippen molar-refractivity contribution in [2.75, 3.05) is 18.4 Å². The smallest absolute Gasteiger partial charge is 0.225 e. The molecule has 0 unspecified atom stereocenters. The Morgan fingerprint density at radius 2 is 1.93 bits per heavy atom. The number of nitrogens with one attached hydrogen (secondary N) is 1. The topological polar surface area (TPSA) is 63.1 Å². The molecule has 4 rings (SSSR count). The molecule has 3 aromatic rings. The summed E-state index contributed by atoms with van der Waals surface area (Å²) in [7, 11) is 0. The van der Waals surface area contributed by atoms with Crippen LogP contribution in [0.1, 0.15) is 44.7 Å². The standard InChI is InChI=1S/C23H29N5O/c1-17(2)15-22(29)26-21-8-12-25-28(21)20-9-13-27(14-10-20)16-19-6-3-5-18-7-4-11-24-23(18)19/h3-8,11-12,17,20H,9-10,13-16H2,1-2H3,(H,26,29). The molecule has 3 heterocycles. The number of nitrogens with zero attached hydrogens (tertiary/aromatic N) is 4. The third-order valence-corrected chi connectivity index (χ3v) is 5.54. The number of likely N-dealkylation sites (tertiary alicyclic amines) is 1. The number of hydrogen-bond donors (Lipinski definition) is 1. The van der Waals surface area contributed by atoms with Gasteiger partial charge in [0.05, 0.1) is 17.8 Å². The summed E-state index contributed by atoms with van der Waals surface area (Å²) < 4.78 is 2.00. The second kappa shape index (κ2) is 8.74. The monoisotopic (exact) mass is 391 g/mol. The number of hydrogen-bond acceptors (Lipinski definition) is 4. The molecule has 6 heteroatoms. The number of amides is 1. The minimum atomic E-state index is 0.0580. The zero-order valence-corrected chi connectivity index (χ0v) is 17.2. The molecular formula is C23H29N5O. The Labute approximate surface area is 171 Å². The molecule has 0 atom stereocenters. The van der Waals surface area contributed by atoms with E-state index < -0.39 is 0 Å². The summed E-state index contributed by atoms with van der Waals surface area (Å²) in [6, 6.07) is 12.7. The van der Waals surface area contributed by atoms with Gasteiger partial charge in [0.2, 0.25) is 5.91 Å². The molecule has 0 aliphatic carbocycles. The lowest BCUT2D eigenvalue weighted by atomic mass is 10.0. The number of pyridine rings is 1. The van der Waals surface area contributed by atoms with Gasteiger partial charge in [0.1, 0.15) is 5.82 Å². The van der Waals surface area contributed by atoms with Crippen LogP contribution in [0.25, 0.3) is 10.9 Å². The first-order valence-corrected chi connectivity index (χ1v) is 10.5. The fourth-order valence-corrected chi connectivity index (χ4v) is 4.13. The van der Waals surface area contributed by atoms with Crippen LogP contribution >= 0.6 is 0 Å². The van der Waals surface area contributed by atoms with Crippen molar-refractivity contribution in [1.82, 2.24) is 19.7 Å². The Hall–Kier alpha value is -2.73. The molecule has 0 saturated carbocycles. The molecule has 1 fully saturated rings. The van der Waals surface area contributed by atoms with E-state index in [4.69, 9.17) is 0 Å². The Kier molecular flexibility index (Phi) is 5.90. The van der Waals surface area contributed by atoms with Crippen LogP contribution < -0.4 is 5.32 Å². The number of piperidine rings is 1. The highest BCUT2D eigenvalue weighted by molar-refractivity contribution is 5.89. The molecule has 152 valence electrons. The van der Waals surface area contributed by atoms with Crippen LogP contribution in [0, 0.1) is 5.92 Å². The van der Waals surface area contributed by atoms with Gasteiger partial charge in [0.15, 0.2) is 0 Å². The van der Waals surface area contributed by atoms with Gasteiger partial charge in [0.25, 0.3) is 0 Å². The Balaban J connectivity index is 1.38. The molecule has 0 radical (unpaired) electrons. The number of benzene rings is 1. The summed E-state index contributed by atoms with van der Waals surface area (Å²) in [5.41, 5.74) is 2.38. The number of rotatable bonds is 6. The van der Waals surface area contributed by atoms with Gasteiger partial charge < -0.3 is 5.32 Å². The van der Waals surface area contributed by atoms with Crippen molar-refractivity contribution in [2.45, 2.75) is 45.7 Å². The van der Waals surface area contributed by atoms with Crippen molar-refractivity contribution in [3.63, 3.8) is 0 Å². The molecule has 2 aromatic heterocycles. The maximum Gasteiger partial charge on any atom is 0.225 e. The quantitative estimate of drug-likeness (QED) is 0.682. The van der Waals surface area contributed by atoms with Gasteiger partial charge in [-0.2, -0.15) is 5.10 Å². The third-order valence-electron chi connectivity index (χ3n) is 5.54. The molecule has 1 aliphatic rings. The predicted molar refractivity (Wildman–Crippen MR) is 116 cm³/mol. The highest BCUT2D eigenvalue weighted by Crippen LogP contribution is 2.27. The van der Waals surface area contributed by atoms with E-state index in [1.54, 1.807) is 6.20 Å². The van der Waals surface area contributed by atoms with Crippen LogP contribution in [0.2, 0.25) is 0 Å². The van der Waals surface area contributed by atoms with E-state index in [1.165, 1.54) is 10.9 Å². The van der Waals surface area contributed by atoms with Crippen LogP contribution in [0.4, 0.5) is 5.82 Å². The van der Waals surface area contributed by atoms with E-state index >= 15 is 0 Å². The summed E-state index contributed by atoms with van der Waals surface area (Å²) in [6.07, 6.45) is 6.21. The lowest BCUT2D eigenvalue weighted by Crippen LogP contribution is -2.35. The van der Waals surface area contributed by atoms with Crippen LogP contribution in [-0.4, -0.2) is 38.7 Å². The average Bonchev–Trinajstić information content (AvgIpc) is 3.16. The van der Waals surface area contributed by atoms with Crippen molar-refractivity contribution in [2.24, 2.45) is 5.92 Å². The molecule has 0 spiro atoms. The second-order valence-electron chi connectivity index (χ2n) is 8.31. The normalized spacial score (nSPS) is 15.8. The first-order valence-electron chi connectivity index (χ1n) is 10.5. The Bertz CT molecular complexity index is 967. The zero-order chi connectivity index (χ0) is 20.2. The number of anilines is 1. The van der Waals surface area contributed by atoms with Crippen molar-refractivity contribution >= 4 is 22.6 Å². The maximum atomic E-state index is 12.2. The summed E-state index contributed by atoms with van der Waals surface area (Å²) in [6.45, 7) is 7.04. The molecular weight excluding hydrogens is 362 g/mol. The summed E-state index contributed by atoms with van der Waals surface area (Å²) in [5, 5.41) is 8.72. The second-order valence-corrected chi connectivity index (χ2v) is 8.31. The fourth-order valence-electron chi connectivity index (χ4n) is 4.13. The molecule has 1 aliphatic heterocycles. The van der Waals surface area contributed by atoms with Crippen LogP contribution in [-0.2, 0) is 11.3 Å². The van der Waals surface area contributed by atoms with E-state index in [2.05, 4.69) is 58.4 Å². The maximum absolute atomic E-state index is 12.2. The number of para-hydroxylation sites is 1. The minimum Gasteiger partial charge on any atom is -0.311 e. The first-order chi connectivity index (χ1) is 14.1. The summed E-state index contributed by atoms with van der Waals surface area (Å²) in [5.74, 6) is 1.22. The Morgan fingerprint density at radius 1 is 1.14 bits per heavy atom. The van der Waals surface area contributed by atoms with Crippen LogP contribution in [0.3, 0.4) is 0 Å². The van der Waals surface area contributed by atoms with Gasteiger partial charge in [-0.15, -0.1) is 0 Å². The van der Waals surface area contributed by atoms with Gasteiger partial charge in [-0.1, -0.05) is 38.1 Å². The fraction of sp³-hybridized carbons (Fsp3) is 0.435. The highest BCUT2D eigenvalue weighted by Gasteiger charge is 2.23. The van der Waals surface area contributed by atoms with Gasteiger partial charge in [0, 0.05) is 43.7 Å². The zero-order valence-electron chi connectivity index (χ0n) is 17.2. The van der Waals surface area contributed by atoms with E-state index in [0.717, 1.165) is 43.8 Å². The van der Waals surface area contributed by atoms with Gasteiger partial charge in [-0.25, -0.2) is 4.68 Å². The number of fused-ring (bicyclic) bond motifs is 1. The molecule has 29 heavy (non-hydrogen) atoms. The van der Waals surface area contributed by atoms with Crippen LogP contribution in [0.15, 0.2) is 48.8 Å². The predicted octanol–water partition coefficient (Wildman–Crippen LogP) is 4.25. The summed E-state index contributed by atoms with van der Waals surface area (Å²) in [4.78, 5) is 19.2. The van der Waals surface area contributed by atoms with Crippen molar-refractivity contribution in [3.8, 4) is 0 Å². The van der Waals surface area contributed by atoms with E-state index in [0.29, 0.717) is 18.4 Å². The number of carbonyl (C=O) groups excluding carboxylic acids is 1. The molecule has 1 saturated heterocycles. The van der Waals surface area contributed by atoms with Crippen LogP contribution in [0.5, 0.6) is 0 Å². The van der Waals surface area contributed by atoms with E-state index in [-0.39, 0.29) is 5.91 Å². The van der Waals surface area contributed by atoms with E-state index in [1.807, 2.05) is 23.0 Å². The molecule has 1 aromatic carbocycles. The van der Waals surface area contributed by atoms with Crippen molar-refractivity contribution < 1.29 is 4.79 Å². The lowest BCUT2D eigenvalue weighted by Gasteiger charge is -2.32. The molecule has 6 nitrogen and oxygen atoms in total. The van der Waals surface area contributed by atoms with E-state index in [9.17, 15) is 4.79 Å². The minimum absolute atomic E-state index is 0.0580. The lowest BCUT2D eigenvalue weighted by molar-refractivity contribution is -0.116. The van der Waals surface area contributed by atoms with Gasteiger partial charge >= 0.3 is 0 Å². The number of aromatic nitrogens is 3. The molecule has 1 amide bonds. The molecule has 1 N–H and O–H groups in total. The SMILES string of the molecule is CC(C)CC(=O)Nc1ccnn1C1CCN(Cc2cccc3cccnc23)CC1. The first kappa shape index (κ1) is 19.6. The number of carbonyl (C=O) groups is 1. The van der Waals surface area contributed by atoms with Crippen molar-refractivity contribution in [3.05, 3.63) is 54.4 Å². The Morgan fingerprint density at radius 3 is 2.72 bits per heavy atom.